The van der Waals surface area contributed by atoms with Gasteiger partial charge in [-0.3, -0.25) is 4.79 Å². The van der Waals surface area contributed by atoms with Gasteiger partial charge in [-0.25, -0.2) is 4.98 Å². The minimum absolute atomic E-state index is 0.0133. The highest BCUT2D eigenvalue weighted by Crippen LogP contribution is 2.23. The van der Waals surface area contributed by atoms with Crippen molar-refractivity contribution >= 4 is 11.7 Å². The summed E-state index contributed by atoms with van der Waals surface area (Å²) in [6.07, 6.45) is 3.34. The van der Waals surface area contributed by atoms with Gasteiger partial charge in [0.15, 0.2) is 0 Å². The molecule has 1 aliphatic rings. The predicted molar refractivity (Wildman–Crippen MR) is 101 cm³/mol. The number of amides is 1. The van der Waals surface area contributed by atoms with Crippen LogP contribution in [0.15, 0.2) is 36.5 Å². The van der Waals surface area contributed by atoms with Crippen molar-refractivity contribution in [3.05, 3.63) is 47.7 Å². The van der Waals surface area contributed by atoms with E-state index in [2.05, 4.69) is 21.7 Å². The van der Waals surface area contributed by atoms with Crippen molar-refractivity contribution in [1.82, 2.24) is 10.3 Å². The predicted octanol–water partition coefficient (Wildman–Crippen LogP) is 2.78. The van der Waals surface area contributed by atoms with Crippen LogP contribution in [0, 0.1) is 5.92 Å². The Balaban J connectivity index is 1.46. The van der Waals surface area contributed by atoms with Gasteiger partial charge < -0.3 is 20.1 Å². The number of carbonyl (C=O) groups is 1. The maximum absolute atomic E-state index is 11.8. The molecule has 0 aliphatic carbocycles. The first-order valence-corrected chi connectivity index (χ1v) is 8.92. The molecule has 1 aliphatic heterocycles. The third kappa shape index (κ3) is 4.65. The molecule has 2 aromatic rings. The highest BCUT2D eigenvalue weighted by Gasteiger charge is 2.19. The zero-order valence-corrected chi connectivity index (χ0v) is 15.2. The quantitative estimate of drug-likeness (QED) is 0.747. The monoisotopic (exact) mass is 355 g/mol. The summed E-state index contributed by atoms with van der Waals surface area (Å²) < 4.78 is 11.0. The second kappa shape index (κ2) is 8.56. The van der Waals surface area contributed by atoms with Crippen molar-refractivity contribution in [2.75, 3.05) is 25.6 Å². The number of pyridine rings is 1. The number of aromatic nitrogens is 1. The van der Waals surface area contributed by atoms with Gasteiger partial charge in [0, 0.05) is 31.3 Å². The van der Waals surface area contributed by atoms with E-state index in [1.165, 1.54) is 5.56 Å². The van der Waals surface area contributed by atoms with E-state index in [9.17, 15) is 4.79 Å². The number of rotatable bonds is 7. The van der Waals surface area contributed by atoms with E-state index in [1.807, 2.05) is 31.2 Å². The number of ether oxygens (including phenoxy) is 2. The summed E-state index contributed by atoms with van der Waals surface area (Å²) in [7, 11) is 1.64. The number of benzene rings is 1. The highest BCUT2D eigenvalue weighted by molar-refractivity contribution is 5.79. The van der Waals surface area contributed by atoms with Crippen LogP contribution >= 0.6 is 0 Å². The van der Waals surface area contributed by atoms with Gasteiger partial charge in [-0.1, -0.05) is 13.0 Å². The van der Waals surface area contributed by atoms with E-state index in [-0.39, 0.29) is 11.8 Å². The Morgan fingerprint density at radius 3 is 2.96 bits per heavy atom. The number of methoxy groups -OCH3 is 1. The largest absolute Gasteiger partial charge is 0.497 e. The maximum Gasteiger partial charge on any atom is 0.223 e. The van der Waals surface area contributed by atoms with E-state index in [4.69, 9.17) is 9.47 Å². The molecular weight excluding hydrogens is 330 g/mol. The molecule has 0 spiro atoms. The summed E-state index contributed by atoms with van der Waals surface area (Å²) in [6, 6.07) is 9.77. The molecule has 138 valence electrons. The first kappa shape index (κ1) is 18.0. The van der Waals surface area contributed by atoms with Gasteiger partial charge in [-0.15, -0.1) is 0 Å². The summed E-state index contributed by atoms with van der Waals surface area (Å²) in [5.74, 6) is 2.54. The number of anilines is 1. The second-order valence-corrected chi connectivity index (χ2v) is 6.46. The van der Waals surface area contributed by atoms with Crippen LogP contribution in [0.25, 0.3) is 0 Å². The van der Waals surface area contributed by atoms with Crippen LogP contribution in [0.4, 0.5) is 5.82 Å². The van der Waals surface area contributed by atoms with Crippen molar-refractivity contribution in [2.24, 2.45) is 5.92 Å². The van der Waals surface area contributed by atoms with E-state index in [1.54, 1.807) is 13.3 Å². The Bertz CT molecular complexity index is 764. The second-order valence-electron chi connectivity index (χ2n) is 6.46. The van der Waals surface area contributed by atoms with Crippen molar-refractivity contribution in [2.45, 2.75) is 26.3 Å². The Hall–Kier alpha value is -2.76. The summed E-state index contributed by atoms with van der Waals surface area (Å²) >= 11 is 0. The van der Waals surface area contributed by atoms with E-state index in [0.717, 1.165) is 42.3 Å². The van der Waals surface area contributed by atoms with E-state index >= 15 is 0 Å². The zero-order valence-electron chi connectivity index (χ0n) is 15.2. The zero-order chi connectivity index (χ0) is 18.4. The number of carbonyl (C=O) groups excluding carboxylic acids is 1. The summed E-state index contributed by atoms with van der Waals surface area (Å²) in [4.78, 5) is 16.1. The molecular formula is C20H25N3O3. The first-order valence-electron chi connectivity index (χ1n) is 8.92. The molecule has 6 nitrogen and oxygen atoms in total. The maximum atomic E-state index is 11.8. The summed E-state index contributed by atoms with van der Waals surface area (Å²) in [5.41, 5.74) is 2.35. The molecule has 1 aromatic heterocycles. The van der Waals surface area contributed by atoms with Gasteiger partial charge in [0.1, 0.15) is 17.3 Å². The first-order chi connectivity index (χ1) is 12.7. The van der Waals surface area contributed by atoms with Crippen LogP contribution in [0.2, 0.25) is 0 Å². The average Bonchev–Trinajstić information content (AvgIpc) is 2.80. The molecule has 0 radical (unpaired) electrons. The topological polar surface area (TPSA) is 72.5 Å². The van der Waals surface area contributed by atoms with Gasteiger partial charge in [-0.2, -0.15) is 0 Å². The Kier molecular flexibility index (Phi) is 5.94. The molecule has 26 heavy (non-hydrogen) atoms. The number of hydrogen-bond donors (Lipinski definition) is 2. The Morgan fingerprint density at radius 2 is 2.12 bits per heavy atom. The summed E-state index contributed by atoms with van der Waals surface area (Å²) in [6.45, 7) is 3.90. The van der Waals surface area contributed by atoms with Crippen LogP contribution in [0.1, 0.15) is 24.5 Å². The van der Waals surface area contributed by atoms with Crippen LogP contribution < -0.4 is 20.1 Å². The van der Waals surface area contributed by atoms with Crippen LogP contribution in [0.5, 0.6) is 11.5 Å². The van der Waals surface area contributed by atoms with Gasteiger partial charge in [0.25, 0.3) is 0 Å². The molecule has 1 unspecified atom stereocenters. The van der Waals surface area contributed by atoms with Gasteiger partial charge in [0.05, 0.1) is 13.7 Å². The molecule has 1 aromatic carbocycles. The Labute approximate surface area is 153 Å². The van der Waals surface area contributed by atoms with Crippen LogP contribution in [-0.2, 0) is 17.8 Å². The molecule has 0 fully saturated rings. The van der Waals surface area contributed by atoms with E-state index < -0.39 is 0 Å². The lowest BCUT2D eigenvalue weighted by molar-refractivity contribution is -0.124. The fourth-order valence-corrected chi connectivity index (χ4v) is 2.95. The highest BCUT2D eigenvalue weighted by atomic mass is 16.5. The molecule has 0 saturated carbocycles. The smallest absolute Gasteiger partial charge is 0.223 e. The average molecular weight is 355 g/mol. The normalized spacial score (nSPS) is 16.2. The number of nitrogens with zero attached hydrogens (tertiary/aromatic N) is 1. The molecule has 1 amide bonds. The number of nitrogens with one attached hydrogen (secondary N) is 2. The number of hydrogen-bond acceptors (Lipinski definition) is 5. The van der Waals surface area contributed by atoms with Crippen molar-refractivity contribution < 1.29 is 14.3 Å². The molecule has 2 heterocycles. The molecule has 6 heteroatoms. The van der Waals surface area contributed by atoms with Gasteiger partial charge >= 0.3 is 0 Å². The minimum Gasteiger partial charge on any atom is -0.497 e. The fraction of sp³-hybridized carbons (Fsp3) is 0.400. The molecule has 2 N–H and O–H groups in total. The lowest BCUT2D eigenvalue weighted by atomic mass is 9.98. The van der Waals surface area contributed by atoms with Crippen LogP contribution in [0.3, 0.4) is 0 Å². The third-order valence-electron chi connectivity index (χ3n) is 4.47. The number of fused-ring (bicyclic) bond motifs is 1. The van der Waals surface area contributed by atoms with E-state index in [0.29, 0.717) is 13.2 Å². The lowest BCUT2D eigenvalue weighted by Crippen LogP contribution is -2.26. The molecule has 3 rings (SSSR count). The van der Waals surface area contributed by atoms with Gasteiger partial charge in [0.2, 0.25) is 5.91 Å². The molecule has 0 saturated heterocycles. The standard InChI is InChI=1S/C20H25N3O3/c1-14-10-15-4-5-18(11-16(15)13-23-20(14)24)26-9-3-7-21-19-12-17(25-2)6-8-22-19/h4-6,8,11-12,14H,3,7,9-10,13H2,1-2H3,(H,21,22)(H,23,24). The minimum atomic E-state index is 0.0133. The van der Waals surface area contributed by atoms with Crippen LogP contribution in [-0.4, -0.2) is 31.2 Å². The third-order valence-corrected chi connectivity index (χ3v) is 4.47. The summed E-state index contributed by atoms with van der Waals surface area (Å²) in [5, 5.41) is 6.21. The molecule has 1 atom stereocenters. The van der Waals surface area contributed by atoms with Crippen molar-refractivity contribution in [3.8, 4) is 11.5 Å². The fourth-order valence-electron chi connectivity index (χ4n) is 2.95. The molecule has 0 bridgehead atoms. The Morgan fingerprint density at radius 1 is 1.23 bits per heavy atom. The van der Waals surface area contributed by atoms with Gasteiger partial charge in [-0.05, 0) is 42.2 Å². The van der Waals surface area contributed by atoms with Crippen molar-refractivity contribution in [3.63, 3.8) is 0 Å². The lowest BCUT2D eigenvalue weighted by Gasteiger charge is -2.11. The van der Waals surface area contributed by atoms with Crippen molar-refractivity contribution in [1.29, 1.82) is 0 Å². The SMILES string of the molecule is COc1ccnc(NCCCOc2ccc3c(c2)CNC(=O)C(C)C3)c1.